The van der Waals surface area contributed by atoms with Crippen molar-refractivity contribution in [3.8, 4) is 5.75 Å². The van der Waals surface area contributed by atoms with Crippen LogP contribution >= 0.6 is 11.5 Å². The Morgan fingerprint density at radius 3 is 2.76 bits per heavy atom. The van der Waals surface area contributed by atoms with Gasteiger partial charge < -0.3 is 9.64 Å². The molecule has 0 bridgehead atoms. The highest BCUT2D eigenvalue weighted by Crippen LogP contribution is 2.31. The van der Waals surface area contributed by atoms with Crippen molar-refractivity contribution in [1.29, 1.82) is 0 Å². The van der Waals surface area contributed by atoms with Crippen LogP contribution in [0.1, 0.15) is 5.56 Å². The zero-order chi connectivity index (χ0) is 20.4. The number of sulfonamides is 1. The smallest absolute Gasteiger partial charge is 0.264 e. The van der Waals surface area contributed by atoms with Crippen LogP contribution in [0.15, 0.2) is 53.7 Å². The van der Waals surface area contributed by atoms with Crippen molar-refractivity contribution in [2.45, 2.75) is 11.3 Å². The number of hydrogen-bond acceptors (Lipinski definition) is 7. The van der Waals surface area contributed by atoms with Crippen LogP contribution in [0.3, 0.4) is 0 Å². The lowest BCUT2D eigenvalue weighted by molar-refractivity contribution is -0.120. The molecule has 2 heterocycles. The number of nitrogens with zero attached hydrogens (tertiary/aromatic N) is 3. The Morgan fingerprint density at radius 1 is 1.24 bits per heavy atom. The van der Waals surface area contributed by atoms with E-state index in [1.54, 1.807) is 17.0 Å². The summed E-state index contributed by atoms with van der Waals surface area (Å²) in [6.45, 7) is 0.220. The summed E-state index contributed by atoms with van der Waals surface area (Å²) in [5.41, 5.74) is 1.40. The molecule has 1 N–H and O–H groups in total. The number of hydrogen-bond donors (Lipinski definition) is 1. The van der Waals surface area contributed by atoms with Gasteiger partial charge in [0.1, 0.15) is 17.9 Å². The van der Waals surface area contributed by atoms with Crippen LogP contribution in [0.2, 0.25) is 0 Å². The van der Waals surface area contributed by atoms with Crippen molar-refractivity contribution in [3.05, 3.63) is 60.2 Å². The van der Waals surface area contributed by atoms with Crippen LogP contribution in [-0.2, 0) is 21.2 Å². The minimum atomic E-state index is -3.79. The standard InChI is InChI=1S/C18H15FN4O4S2/c19-13-1-3-14(4-2-13)27-10-17(24)23-8-7-12-9-15(5-6-16(12)23)29(25,26)22-18-20-11-21-28-18/h1-6,9,11H,7-8,10H2,(H,20,21,22). The summed E-state index contributed by atoms with van der Waals surface area (Å²) in [4.78, 5) is 18.0. The summed E-state index contributed by atoms with van der Waals surface area (Å²) in [6, 6.07) is 9.99. The molecule has 0 spiro atoms. The first-order chi connectivity index (χ1) is 13.9. The number of carbonyl (C=O) groups is 1. The average Bonchev–Trinajstić information content (AvgIpc) is 3.36. The lowest BCUT2D eigenvalue weighted by Gasteiger charge is -2.18. The molecule has 1 aliphatic rings. The fourth-order valence-corrected chi connectivity index (χ4v) is 4.66. The molecule has 0 radical (unpaired) electrons. The molecule has 150 valence electrons. The lowest BCUT2D eigenvalue weighted by atomic mass is 10.2. The molecular weight excluding hydrogens is 419 g/mol. The molecule has 1 aromatic heterocycles. The second-order valence-corrected chi connectivity index (χ2v) is 8.64. The number of carbonyl (C=O) groups excluding carboxylic acids is 1. The van der Waals surface area contributed by atoms with Gasteiger partial charge in [0, 0.05) is 23.8 Å². The maximum absolute atomic E-state index is 12.9. The minimum absolute atomic E-state index is 0.0864. The third-order valence-corrected chi connectivity index (χ3v) is 6.36. The van der Waals surface area contributed by atoms with Gasteiger partial charge in [-0.05, 0) is 54.4 Å². The number of halogens is 1. The van der Waals surface area contributed by atoms with Gasteiger partial charge in [0.15, 0.2) is 6.61 Å². The van der Waals surface area contributed by atoms with Crippen molar-refractivity contribution in [2.75, 3.05) is 22.8 Å². The van der Waals surface area contributed by atoms with Gasteiger partial charge in [0.25, 0.3) is 15.9 Å². The molecule has 29 heavy (non-hydrogen) atoms. The van der Waals surface area contributed by atoms with Crippen molar-refractivity contribution in [1.82, 2.24) is 9.36 Å². The highest BCUT2D eigenvalue weighted by Gasteiger charge is 2.27. The van der Waals surface area contributed by atoms with E-state index in [2.05, 4.69) is 14.1 Å². The van der Waals surface area contributed by atoms with Crippen molar-refractivity contribution in [3.63, 3.8) is 0 Å². The Balaban J connectivity index is 1.46. The fourth-order valence-electron chi connectivity index (χ4n) is 2.95. The van der Waals surface area contributed by atoms with Crippen LogP contribution in [0.5, 0.6) is 5.75 Å². The van der Waals surface area contributed by atoms with E-state index < -0.39 is 10.0 Å². The lowest BCUT2D eigenvalue weighted by Crippen LogP contribution is -2.33. The Morgan fingerprint density at radius 2 is 2.03 bits per heavy atom. The molecule has 0 aliphatic carbocycles. The molecule has 0 saturated carbocycles. The number of amides is 1. The fraction of sp³-hybridized carbons (Fsp3) is 0.167. The Bertz CT molecular complexity index is 1140. The van der Waals surface area contributed by atoms with Gasteiger partial charge in [0.2, 0.25) is 5.13 Å². The first-order valence-electron chi connectivity index (χ1n) is 8.53. The first kappa shape index (κ1) is 19.3. The Kier molecular flexibility index (Phi) is 5.16. The second kappa shape index (κ2) is 7.76. The second-order valence-electron chi connectivity index (χ2n) is 6.18. The molecule has 11 heteroatoms. The molecule has 1 aliphatic heterocycles. The van der Waals surface area contributed by atoms with Gasteiger partial charge in [-0.15, -0.1) is 0 Å². The number of fused-ring (bicyclic) bond motifs is 1. The van der Waals surface area contributed by atoms with Gasteiger partial charge >= 0.3 is 0 Å². The van der Waals surface area contributed by atoms with E-state index >= 15 is 0 Å². The van der Waals surface area contributed by atoms with E-state index in [9.17, 15) is 17.6 Å². The number of aromatic nitrogens is 2. The summed E-state index contributed by atoms with van der Waals surface area (Å²) in [6.07, 6.45) is 1.79. The van der Waals surface area contributed by atoms with E-state index in [0.29, 0.717) is 24.4 Å². The Labute approximate surface area is 170 Å². The predicted octanol–water partition coefficient (Wildman–Crippen LogP) is 2.45. The number of benzene rings is 2. The zero-order valence-electron chi connectivity index (χ0n) is 14.9. The summed E-state index contributed by atoms with van der Waals surface area (Å²) in [7, 11) is -3.79. The van der Waals surface area contributed by atoms with Gasteiger partial charge in [-0.2, -0.15) is 4.37 Å². The third-order valence-electron chi connectivity index (χ3n) is 4.32. The van der Waals surface area contributed by atoms with Crippen LogP contribution in [0.4, 0.5) is 15.2 Å². The summed E-state index contributed by atoms with van der Waals surface area (Å²) < 4.78 is 49.5. The molecule has 2 aromatic carbocycles. The van der Waals surface area contributed by atoms with Crippen molar-refractivity contribution >= 4 is 38.3 Å². The molecule has 8 nitrogen and oxygen atoms in total. The molecule has 4 rings (SSSR count). The minimum Gasteiger partial charge on any atom is -0.484 e. The summed E-state index contributed by atoms with van der Waals surface area (Å²) in [5.74, 6) is -0.262. The zero-order valence-corrected chi connectivity index (χ0v) is 16.5. The molecular formula is C18H15FN4O4S2. The molecule has 0 atom stereocenters. The third kappa shape index (κ3) is 4.20. The number of anilines is 2. The highest BCUT2D eigenvalue weighted by molar-refractivity contribution is 7.93. The number of rotatable bonds is 6. The maximum atomic E-state index is 12.9. The van der Waals surface area contributed by atoms with E-state index in [4.69, 9.17) is 4.74 Å². The van der Waals surface area contributed by atoms with Crippen LogP contribution in [0, 0.1) is 5.82 Å². The van der Waals surface area contributed by atoms with Gasteiger partial charge in [-0.3, -0.25) is 9.52 Å². The average molecular weight is 434 g/mol. The monoisotopic (exact) mass is 434 g/mol. The summed E-state index contributed by atoms with van der Waals surface area (Å²) >= 11 is 0.940. The van der Waals surface area contributed by atoms with Gasteiger partial charge in [-0.25, -0.2) is 17.8 Å². The van der Waals surface area contributed by atoms with E-state index in [1.165, 1.54) is 36.7 Å². The topological polar surface area (TPSA) is 101 Å². The molecule has 0 unspecified atom stereocenters. The molecule has 0 saturated heterocycles. The van der Waals surface area contributed by atoms with E-state index in [-0.39, 0.29) is 28.4 Å². The maximum Gasteiger partial charge on any atom is 0.264 e. The largest absolute Gasteiger partial charge is 0.484 e. The first-order valence-corrected chi connectivity index (χ1v) is 10.8. The highest BCUT2D eigenvalue weighted by atomic mass is 32.2. The Hall–Kier alpha value is -3.05. The van der Waals surface area contributed by atoms with Crippen LogP contribution < -0.4 is 14.4 Å². The van der Waals surface area contributed by atoms with E-state index in [1.807, 2.05) is 0 Å². The SMILES string of the molecule is O=C(COc1ccc(F)cc1)N1CCc2cc(S(=O)(=O)Nc3ncns3)ccc21. The van der Waals surface area contributed by atoms with E-state index in [0.717, 1.165) is 17.1 Å². The van der Waals surface area contributed by atoms with Gasteiger partial charge in [0.05, 0.1) is 4.90 Å². The quantitative estimate of drug-likeness (QED) is 0.640. The van der Waals surface area contributed by atoms with Crippen LogP contribution in [0.25, 0.3) is 0 Å². The molecule has 3 aromatic rings. The number of ether oxygens (including phenoxy) is 1. The predicted molar refractivity (Wildman–Crippen MR) is 105 cm³/mol. The van der Waals surface area contributed by atoms with Crippen molar-refractivity contribution in [2.24, 2.45) is 0 Å². The molecule has 0 fully saturated rings. The van der Waals surface area contributed by atoms with Crippen LogP contribution in [-0.4, -0.2) is 36.8 Å². The number of nitrogens with one attached hydrogen (secondary N) is 1. The molecule has 1 amide bonds. The summed E-state index contributed by atoms with van der Waals surface area (Å²) in [5, 5.41) is 0.181. The normalized spacial score (nSPS) is 13.2. The van der Waals surface area contributed by atoms with Crippen molar-refractivity contribution < 1.29 is 22.3 Å². The van der Waals surface area contributed by atoms with Gasteiger partial charge in [-0.1, -0.05) is 0 Å².